The maximum absolute atomic E-state index is 13.3. The molecule has 0 bridgehead atoms. The molecular formula is C14H10ClF3N2O. The summed E-state index contributed by atoms with van der Waals surface area (Å²) in [4.78, 5) is 11.8. The maximum atomic E-state index is 13.3. The van der Waals surface area contributed by atoms with Crippen LogP contribution in [0.2, 0.25) is 5.02 Å². The van der Waals surface area contributed by atoms with Crippen LogP contribution in [0.3, 0.4) is 0 Å². The molecule has 0 atom stereocenters. The van der Waals surface area contributed by atoms with Crippen LogP contribution in [0.15, 0.2) is 30.3 Å². The number of nitrogens with one attached hydrogen (secondary N) is 1. The zero-order valence-corrected chi connectivity index (χ0v) is 11.3. The lowest BCUT2D eigenvalue weighted by Gasteiger charge is -2.07. The van der Waals surface area contributed by atoms with Crippen molar-refractivity contribution < 1.29 is 18.0 Å². The Morgan fingerprint density at radius 1 is 1.10 bits per heavy atom. The van der Waals surface area contributed by atoms with E-state index in [0.717, 1.165) is 18.2 Å². The summed E-state index contributed by atoms with van der Waals surface area (Å²) < 4.78 is 39.5. The number of nitrogen functional groups attached to an aromatic ring is 1. The van der Waals surface area contributed by atoms with Crippen LogP contribution in [0.1, 0.15) is 15.9 Å². The number of hydrogen-bond acceptors (Lipinski definition) is 2. The van der Waals surface area contributed by atoms with Crippen LogP contribution in [0.4, 0.5) is 18.9 Å². The lowest BCUT2D eigenvalue weighted by molar-refractivity contribution is 0.0950. The highest BCUT2D eigenvalue weighted by molar-refractivity contribution is 6.30. The van der Waals surface area contributed by atoms with E-state index in [2.05, 4.69) is 5.32 Å². The summed E-state index contributed by atoms with van der Waals surface area (Å²) in [7, 11) is 0. The van der Waals surface area contributed by atoms with Gasteiger partial charge in [-0.3, -0.25) is 4.79 Å². The van der Waals surface area contributed by atoms with Gasteiger partial charge in [-0.05, 0) is 29.8 Å². The lowest BCUT2D eigenvalue weighted by Crippen LogP contribution is -2.23. The van der Waals surface area contributed by atoms with E-state index in [1.165, 1.54) is 12.1 Å². The Morgan fingerprint density at radius 2 is 1.71 bits per heavy atom. The summed E-state index contributed by atoms with van der Waals surface area (Å²) in [6, 6.07) is 5.62. The molecule has 0 spiro atoms. The van der Waals surface area contributed by atoms with Crippen molar-refractivity contribution in [1.29, 1.82) is 0 Å². The van der Waals surface area contributed by atoms with Crippen molar-refractivity contribution >= 4 is 23.2 Å². The fourth-order valence-corrected chi connectivity index (χ4v) is 1.85. The number of hydrogen-bond donors (Lipinski definition) is 2. The summed E-state index contributed by atoms with van der Waals surface area (Å²) in [6.45, 7) is 0.0342. The zero-order chi connectivity index (χ0) is 15.6. The molecule has 2 aromatic carbocycles. The van der Waals surface area contributed by atoms with Gasteiger partial charge in [-0.25, -0.2) is 13.2 Å². The topological polar surface area (TPSA) is 55.1 Å². The first kappa shape index (κ1) is 15.2. The Balaban J connectivity index is 2.10. The van der Waals surface area contributed by atoms with E-state index in [1.54, 1.807) is 0 Å². The van der Waals surface area contributed by atoms with Crippen molar-refractivity contribution in [3.63, 3.8) is 0 Å². The van der Waals surface area contributed by atoms with Crippen molar-refractivity contribution in [3.8, 4) is 0 Å². The Kier molecular flexibility index (Phi) is 4.37. The second kappa shape index (κ2) is 6.05. The average Bonchev–Trinajstić information content (AvgIpc) is 2.45. The van der Waals surface area contributed by atoms with Crippen LogP contribution >= 0.6 is 11.6 Å². The number of halogens is 4. The molecular weight excluding hydrogens is 305 g/mol. The SMILES string of the molecule is Nc1c(F)cc(C(=O)NCc2ccc(F)c(Cl)c2)cc1F. The smallest absolute Gasteiger partial charge is 0.251 e. The molecule has 110 valence electrons. The van der Waals surface area contributed by atoms with Gasteiger partial charge in [-0.1, -0.05) is 17.7 Å². The van der Waals surface area contributed by atoms with E-state index >= 15 is 0 Å². The minimum absolute atomic E-state index is 0.0342. The molecule has 0 aromatic heterocycles. The van der Waals surface area contributed by atoms with Gasteiger partial charge in [0, 0.05) is 12.1 Å². The van der Waals surface area contributed by atoms with Crippen molar-refractivity contribution in [3.05, 3.63) is 63.9 Å². The van der Waals surface area contributed by atoms with Crippen LogP contribution in [0, 0.1) is 17.5 Å². The highest BCUT2D eigenvalue weighted by Crippen LogP contribution is 2.18. The molecule has 0 unspecified atom stereocenters. The number of anilines is 1. The van der Waals surface area contributed by atoms with Crippen LogP contribution in [-0.2, 0) is 6.54 Å². The molecule has 3 nitrogen and oxygen atoms in total. The Bertz CT molecular complexity index is 684. The minimum atomic E-state index is -1.01. The van der Waals surface area contributed by atoms with Gasteiger partial charge in [0.15, 0.2) is 0 Å². The molecule has 0 fully saturated rings. The molecule has 0 saturated carbocycles. The molecule has 0 aliphatic rings. The third-order valence-electron chi connectivity index (χ3n) is 2.78. The number of nitrogens with two attached hydrogens (primary N) is 1. The van der Waals surface area contributed by atoms with E-state index in [-0.39, 0.29) is 17.1 Å². The van der Waals surface area contributed by atoms with Gasteiger partial charge >= 0.3 is 0 Å². The van der Waals surface area contributed by atoms with Gasteiger partial charge in [-0.15, -0.1) is 0 Å². The average molecular weight is 315 g/mol. The quantitative estimate of drug-likeness (QED) is 0.854. The summed E-state index contributed by atoms with van der Waals surface area (Å²) in [5.74, 6) is -3.28. The summed E-state index contributed by atoms with van der Waals surface area (Å²) in [5, 5.41) is 2.36. The van der Waals surface area contributed by atoms with Crippen molar-refractivity contribution in [2.75, 3.05) is 5.73 Å². The van der Waals surface area contributed by atoms with Crippen LogP contribution < -0.4 is 11.1 Å². The molecule has 0 aliphatic heterocycles. The van der Waals surface area contributed by atoms with E-state index in [4.69, 9.17) is 17.3 Å². The van der Waals surface area contributed by atoms with E-state index in [0.29, 0.717) is 5.56 Å². The minimum Gasteiger partial charge on any atom is -0.394 e. The fraction of sp³-hybridized carbons (Fsp3) is 0.0714. The molecule has 2 rings (SSSR count). The third kappa shape index (κ3) is 3.46. The first-order chi connectivity index (χ1) is 9.88. The van der Waals surface area contributed by atoms with E-state index in [1.807, 2.05) is 0 Å². The van der Waals surface area contributed by atoms with Crippen LogP contribution in [0.5, 0.6) is 0 Å². The Labute approximate surface area is 123 Å². The van der Waals surface area contributed by atoms with Gasteiger partial charge in [0.2, 0.25) is 0 Å². The molecule has 2 aromatic rings. The van der Waals surface area contributed by atoms with Gasteiger partial charge < -0.3 is 11.1 Å². The predicted molar refractivity (Wildman–Crippen MR) is 73.4 cm³/mol. The zero-order valence-electron chi connectivity index (χ0n) is 10.6. The monoisotopic (exact) mass is 314 g/mol. The number of amides is 1. The highest BCUT2D eigenvalue weighted by Gasteiger charge is 2.13. The second-order valence-electron chi connectivity index (χ2n) is 4.28. The van der Waals surface area contributed by atoms with Crippen LogP contribution in [0.25, 0.3) is 0 Å². The molecule has 7 heteroatoms. The number of rotatable bonds is 3. The van der Waals surface area contributed by atoms with Crippen molar-refractivity contribution in [2.24, 2.45) is 0 Å². The van der Waals surface area contributed by atoms with Gasteiger partial charge in [-0.2, -0.15) is 0 Å². The van der Waals surface area contributed by atoms with E-state index < -0.39 is 29.0 Å². The lowest BCUT2D eigenvalue weighted by atomic mass is 10.1. The van der Waals surface area contributed by atoms with Gasteiger partial charge in [0.1, 0.15) is 23.1 Å². The molecule has 0 aliphatic carbocycles. The Hall–Kier alpha value is -2.21. The number of benzene rings is 2. The highest BCUT2D eigenvalue weighted by atomic mass is 35.5. The van der Waals surface area contributed by atoms with Gasteiger partial charge in [0.25, 0.3) is 5.91 Å². The first-order valence-electron chi connectivity index (χ1n) is 5.85. The van der Waals surface area contributed by atoms with Crippen molar-refractivity contribution in [2.45, 2.75) is 6.54 Å². The fourth-order valence-electron chi connectivity index (χ4n) is 1.65. The molecule has 21 heavy (non-hydrogen) atoms. The maximum Gasteiger partial charge on any atom is 0.251 e. The van der Waals surface area contributed by atoms with Gasteiger partial charge in [0.05, 0.1) is 5.02 Å². The summed E-state index contributed by atoms with van der Waals surface area (Å²) in [5.41, 5.74) is 4.82. The normalized spacial score (nSPS) is 10.5. The number of carbonyl (C=O) groups excluding carboxylic acids is 1. The summed E-state index contributed by atoms with van der Waals surface area (Å²) in [6.07, 6.45) is 0. The summed E-state index contributed by atoms with van der Waals surface area (Å²) >= 11 is 5.60. The molecule has 1 amide bonds. The van der Waals surface area contributed by atoms with E-state index in [9.17, 15) is 18.0 Å². The molecule has 0 saturated heterocycles. The largest absolute Gasteiger partial charge is 0.394 e. The van der Waals surface area contributed by atoms with Crippen LogP contribution in [-0.4, -0.2) is 5.91 Å². The second-order valence-corrected chi connectivity index (χ2v) is 4.69. The molecule has 3 N–H and O–H groups in total. The standard InChI is InChI=1S/C14H10ClF3N2O/c15-9-3-7(1-2-10(9)16)6-20-14(21)8-4-11(17)13(19)12(18)5-8/h1-5H,6,19H2,(H,20,21). The Morgan fingerprint density at radius 3 is 2.29 bits per heavy atom. The molecule has 0 heterocycles. The predicted octanol–water partition coefficient (Wildman–Crippen LogP) is 3.27. The molecule has 0 radical (unpaired) electrons. The number of carbonyl (C=O) groups is 1. The first-order valence-corrected chi connectivity index (χ1v) is 6.23. The van der Waals surface area contributed by atoms with Crippen molar-refractivity contribution in [1.82, 2.24) is 5.32 Å². The third-order valence-corrected chi connectivity index (χ3v) is 3.07.